The summed E-state index contributed by atoms with van der Waals surface area (Å²) in [4.78, 5) is 8.05. The molecular formula is C14H7FN4O. The predicted molar refractivity (Wildman–Crippen MR) is 67.6 cm³/mol. The lowest BCUT2D eigenvalue weighted by atomic mass is 10.1. The van der Waals surface area contributed by atoms with Gasteiger partial charge in [-0.15, -0.1) is 0 Å². The van der Waals surface area contributed by atoms with Crippen LogP contribution in [0.25, 0.3) is 23.0 Å². The highest BCUT2D eigenvalue weighted by Crippen LogP contribution is 2.21. The first kappa shape index (κ1) is 12.0. The number of benzene rings is 1. The van der Waals surface area contributed by atoms with Crippen LogP contribution >= 0.6 is 0 Å². The Bertz CT molecular complexity index is 789. The van der Waals surface area contributed by atoms with E-state index in [2.05, 4.69) is 15.1 Å². The minimum atomic E-state index is -0.435. The van der Waals surface area contributed by atoms with E-state index in [0.29, 0.717) is 22.6 Å². The number of rotatable bonds is 2. The second-order valence-corrected chi connectivity index (χ2v) is 3.98. The molecule has 0 aliphatic rings. The first-order valence-electron chi connectivity index (χ1n) is 5.72. The molecule has 20 heavy (non-hydrogen) atoms. The molecule has 0 unspecified atom stereocenters. The van der Waals surface area contributed by atoms with Gasteiger partial charge in [-0.3, -0.25) is 0 Å². The van der Waals surface area contributed by atoms with Crippen LogP contribution in [0.1, 0.15) is 5.56 Å². The molecule has 0 fully saturated rings. The van der Waals surface area contributed by atoms with Crippen LogP contribution < -0.4 is 0 Å². The zero-order valence-electron chi connectivity index (χ0n) is 10.1. The van der Waals surface area contributed by atoms with Gasteiger partial charge in [0.1, 0.15) is 11.5 Å². The maximum absolute atomic E-state index is 12.8. The van der Waals surface area contributed by atoms with Crippen LogP contribution in [0.3, 0.4) is 0 Å². The molecule has 0 spiro atoms. The van der Waals surface area contributed by atoms with Crippen molar-refractivity contribution < 1.29 is 8.91 Å². The molecule has 0 atom stereocenters. The molecule has 0 radical (unpaired) electrons. The van der Waals surface area contributed by atoms with Crippen LogP contribution in [0.5, 0.6) is 0 Å². The van der Waals surface area contributed by atoms with Gasteiger partial charge in [0, 0.05) is 5.56 Å². The van der Waals surface area contributed by atoms with Gasteiger partial charge in [-0.1, -0.05) is 17.3 Å². The van der Waals surface area contributed by atoms with E-state index in [1.165, 1.54) is 12.1 Å². The molecular weight excluding hydrogens is 259 g/mol. The van der Waals surface area contributed by atoms with Crippen molar-refractivity contribution in [1.29, 1.82) is 5.26 Å². The smallest absolute Gasteiger partial charge is 0.276 e. The summed E-state index contributed by atoms with van der Waals surface area (Å²) in [6.07, 6.45) is 1.08. The Morgan fingerprint density at radius 2 is 2.10 bits per heavy atom. The van der Waals surface area contributed by atoms with Gasteiger partial charge in [-0.2, -0.15) is 10.2 Å². The quantitative estimate of drug-likeness (QED) is 0.712. The fourth-order valence-electron chi connectivity index (χ4n) is 1.67. The van der Waals surface area contributed by atoms with E-state index in [-0.39, 0.29) is 5.89 Å². The van der Waals surface area contributed by atoms with Gasteiger partial charge in [0.25, 0.3) is 5.89 Å². The Morgan fingerprint density at radius 3 is 2.85 bits per heavy atom. The summed E-state index contributed by atoms with van der Waals surface area (Å²) in [6, 6.07) is 11.6. The standard InChI is InChI=1S/C14H7FN4O/c15-11-4-5-12(17-8-11)14-18-13(19-20-14)10-3-1-2-9(6-10)7-16/h1-6,8H. The van der Waals surface area contributed by atoms with Gasteiger partial charge in [0.15, 0.2) is 0 Å². The molecule has 1 aromatic carbocycles. The lowest BCUT2D eigenvalue weighted by molar-refractivity contribution is 0.431. The number of pyridine rings is 1. The molecule has 2 aromatic heterocycles. The van der Waals surface area contributed by atoms with E-state index in [1.807, 2.05) is 6.07 Å². The van der Waals surface area contributed by atoms with Crippen molar-refractivity contribution in [2.45, 2.75) is 0 Å². The highest BCUT2D eigenvalue weighted by molar-refractivity contribution is 5.59. The molecule has 0 N–H and O–H groups in total. The van der Waals surface area contributed by atoms with Crippen LogP contribution in [0.15, 0.2) is 47.1 Å². The van der Waals surface area contributed by atoms with E-state index in [1.54, 1.807) is 24.3 Å². The topological polar surface area (TPSA) is 75.6 Å². The Labute approximate surface area is 113 Å². The largest absolute Gasteiger partial charge is 0.332 e. The summed E-state index contributed by atoms with van der Waals surface area (Å²) >= 11 is 0. The molecule has 6 heteroatoms. The zero-order valence-corrected chi connectivity index (χ0v) is 10.1. The summed E-state index contributed by atoms with van der Waals surface area (Å²) in [6.45, 7) is 0. The monoisotopic (exact) mass is 266 g/mol. The van der Waals surface area contributed by atoms with Crippen molar-refractivity contribution in [3.8, 4) is 29.0 Å². The molecule has 96 valence electrons. The van der Waals surface area contributed by atoms with Gasteiger partial charge in [0.05, 0.1) is 17.8 Å². The number of hydrogen-bond acceptors (Lipinski definition) is 5. The normalized spacial score (nSPS) is 10.2. The number of hydrogen-bond donors (Lipinski definition) is 0. The average Bonchev–Trinajstić information content (AvgIpc) is 2.98. The Balaban J connectivity index is 1.97. The van der Waals surface area contributed by atoms with Crippen molar-refractivity contribution >= 4 is 0 Å². The highest BCUT2D eigenvalue weighted by Gasteiger charge is 2.12. The van der Waals surface area contributed by atoms with Crippen LogP contribution in [0.4, 0.5) is 4.39 Å². The summed E-state index contributed by atoms with van der Waals surface area (Å²) in [7, 11) is 0. The molecule has 3 aromatic rings. The summed E-state index contributed by atoms with van der Waals surface area (Å²) < 4.78 is 17.9. The lowest BCUT2D eigenvalue weighted by Gasteiger charge is -1.94. The van der Waals surface area contributed by atoms with E-state index in [0.717, 1.165) is 6.20 Å². The fourth-order valence-corrected chi connectivity index (χ4v) is 1.67. The first-order valence-corrected chi connectivity index (χ1v) is 5.72. The number of nitriles is 1. The number of nitrogens with zero attached hydrogens (tertiary/aromatic N) is 4. The van der Waals surface area contributed by atoms with Crippen molar-refractivity contribution in [2.75, 3.05) is 0 Å². The number of halogens is 1. The molecule has 2 heterocycles. The first-order chi connectivity index (χ1) is 9.76. The van der Waals surface area contributed by atoms with Gasteiger partial charge < -0.3 is 4.52 Å². The van der Waals surface area contributed by atoms with E-state index >= 15 is 0 Å². The minimum Gasteiger partial charge on any atom is -0.332 e. The van der Waals surface area contributed by atoms with E-state index in [9.17, 15) is 4.39 Å². The zero-order chi connectivity index (χ0) is 13.9. The maximum atomic E-state index is 12.8. The predicted octanol–water partition coefficient (Wildman–Crippen LogP) is 2.81. The maximum Gasteiger partial charge on any atom is 0.276 e. The molecule has 3 rings (SSSR count). The van der Waals surface area contributed by atoms with Crippen molar-refractivity contribution in [3.05, 3.63) is 54.0 Å². The van der Waals surface area contributed by atoms with Crippen LogP contribution in [-0.2, 0) is 0 Å². The van der Waals surface area contributed by atoms with Gasteiger partial charge in [-0.05, 0) is 24.3 Å². The molecule has 0 amide bonds. The lowest BCUT2D eigenvalue weighted by Crippen LogP contribution is -1.85. The van der Waals surface area contributed by atoms with E-state index in [4.69, 9.17) is 9.78 Å². The Kier molecular flexibility index (Phi) is 2.94. The van der Waals surface area contributed by atoms with Gasteiger partial charge >= 0.3 is 0 Å². The van der Waals surface area contributed by atoms with Crippen LogP contribution in [0.2, 0.25) is 0 Å². The number of aromatic nitrogens is 3. The summed E-state index contributed by atoms with van der Waals surface area (Å²) in [5, 5.41) is 12.7. The Hall–Kier alpha value is -3.07. The summed E-state index contributed by atoms with van der Waals surface area (Å²) in [5.74, 6) is 0.112. The van der Waals surface area contributed by atoms with Crippen molar-refractivity contribution in [3.63, 3.8) is 0 Å². The van der Waals surface area contributed by atoms with Gasteiger partial charge in [-0.25, -0.2) is 9.37 Å². The molecule has 0 bridgehead atoms. The van der Waals surface area contributed by atoms with Crippen molar-refractivity contribution in [1.82, 2.24) is 15.1 Å². The third kappa shape index (κ3) is 2.24. The SMILES string of the molecule is N#Cc1cccc(-c2noc(-c3ccc(F)cn3)n2)c1. The van der Waals surface area contributed by atoms with Crippen LogP contribution in [0, 0.1) is 17.1 Å². The molecule has 0 saturated carbocycles. The fraction of sp³-hybridized carbons (Fsp3) is 0. The Morgan fingerprint density at radius 1 is 1.20 bits per heavy atom. The van der Waals surface area contributed by atoms with Crippen molar-refractivity contribution in [2.24, 2.45) is 0 Å². The molecule has 5 nitrogen and oxygen atoms in total. The average molecular weight is 266 g/mol. The second kappa shape index (κ2) is 4.90. The molecule has 0 saturated heterocycles. The third-order valence-corrected chi connectivity index (χ3v) is 2.62. The van der Waals surface area contributed by atoms with Crippen LogP contribution in [-0.4, -0.2) is 15.1 Å². The molecule has 0 aliphatic carbocycles. The second-order valence-electron chi connectivity index (χ2n) is 3.98. The minimum absolute atomic E-state index is 0.197. The van der Waals surface area contributed by atoms with Gasteiger partial charge in [0.2, 0.25) is 5.82 Å². The molecule has 0 aliphatic heterocycles. The van der Waals surface area contributed by atoms with E-state index < -0.39 is 5.82 Å². The summed E-state index contributed by atoms with van der Waals surface area (Å²) in [5.41, 5.74) is 1.57. The third-order valence-electron chi connectivity index (χ3n) is 2.62. The highest BCUT2D eigenvalue weighted by atomic mass is 19.1.